The smallest absolute Gasteiger partial charge is 0.309 e. The summed E-state index contributed by atoms with van der Waals surface area (Å²) in [5.41, 5.74) is -0.475. The number of carbonyl (C=O) groups excluding carboxylic acids is 2. The van der Waals surface area contributed by atoms with Crippen LogP contribution in [0.3, 0.4) is 0 Å². The number of hydrogen-bond donors (Lipinski definition) is 2. The second-order valence-electron chi connectivity index (χ2n) is 20.0. The van der Waals surface area contributed by atoms with E-state index in [1.807, 2.05) is 0 Å². The normalized spacial score (nSPS) is 43.8. The van der Waals surface area contributed by atoms with E-state index in [2.05, 4.69) is 58.7 Å². The molecule has 1 heterocycles. The molecule has 0 aromatic rings. The lowest BCUT2D eigenvalue weighted by molar-refractivity contribution is -0.252. The van der Waals surface area contributed by atoms with Gasteiger partial charge in [-0.15, -0.1) is 0 Å². The summed E-state index contributed by atoms with van der Waals surface area (Å²) in [5.74, 6) is 2.80. The topological polar surface area (TPSA) is 95.9 Å². The number of hydrogen-bond acceptors (Lipinski definition) is 5. The van der Waals surface area contributed by atoms with E-state index >= 15 is 0 Å². The first-order valence-corrected chi connectivity index (χ1v) is 19.7. The molecule has 1 saturated heterocycles. The third-order valence-electron chi connectivity index (χ3n) is 16.9. The molecule has 272 valence electrons. The third-order valence-corrected chi connectivity index (χ3v) is 16.9. The van der Waals surface area contributed by atoms with Gasteiger partial charge in [0, 0.05) is 38.0 Å². The van der Waals surface area contributed by atoms with Crippen LogP contribution >= 0.6 is 0 Å². The number of nitrogens with one attached hydrogen (secondary N) is 1. The molecule has 5 aliphatic carbocycles. The summed E-state index contributed by atoms with van der Waals surface area (Å²) in [6, 6.07) is 0. The van der Waals surface area contributed by atoms with Crippen molar-refractivity contribution in [3.8, 4) is 0 Å². The Morgan fingerprint density at radius 3 is 2.19 bits per heavy atom. The van der Waals surface area contributed by atoms with Crippen LogP contribution in [0, 0.1) is 68.0 Å². The Kier molecular flexibility index (Phi) is 9.24. The molecule has 0 radical (unpaired) electrons. The molecule has 0 aromatic heterocycles. The van der Waals surface area contributed by atoms with E-state index in [-0.39, 0.29) is 45.6 Å². The van der Waals surface area contributed by atoms with Gasteiger partial charge in [0.1, 0.15) is 6.10 Å². The second kappa shape index (κ2) is 12.3. The number of carboxylic acids is 1. The fourth-order valence-corrected chi connectivity index (χ4v) is 14.0. The van der Waals surface area contributed by atoms with E-state index in [1.165, 1.54) is 44.9 Å². The first-order valence-electron chi connectivity index (χ1n) is 19.7. The number of nitrogens with zero attached hydrogens (tertiary/aromatic N) is 1. The van der Waals surface area contributed by atoms with Gasteiger partial charge in [-0.25, -0.2) is 0 Å². The number of ether oxygens (including phenoxy) is 1. The lowest BCUT2D eigenvalue weighted by Crippen LogP contribution is -2.67. The Bertz CT molecular complexity index is 1270. The molecule has 0 bridgehead atoms. The minimum atomic E-state index is -1.13. The molecule has 0 spiro atoms. The maximum absolute atomic E-state index is 13.9. The number of piperazine rings is 1. The summed E-state index contributed by atoms with van der Waals surface area (Å²) in [5, 5.41) is 13.0. The summed E-state index contributed by atoms with van der Waals surface area (Å²) in [6.45, 7) is 24.2. The van der Waals surface area contributed by atoms with Crippen LogP contribution in [0.25, 0.3) is 0 Å². The Hall–Kier alpha value is -1.63. The van der Waals surface area contributed by atoms with Crippen molar-refractivity contribution in [3.63, 3.8) is 0 Å². The molecule has 7 nitrogen and oxygen atoms in total. The zero-order chi connectivity index (χ0) is 35.1. The molecular formula is C41H68N2O5. The van der Waals surface area contributed by atoms with Gasteiger partial charge in [0.15, 0.2) is 0 Å². The van der Waals surface area contributed by atoms with Crippen molar-refractivity contribution >= 4 is 17.8 Å². The highest BCUT2D eigenvalue weighted by atomic mass is 16.5. The van der Waals surface area contributed by atoms with E-state index in [4.69, 9.17) is 4.74 Å². The van der Waals surface area contributed by atoms with Gasteiger partial charge in [-0.1, -0.05) is 48.5 Å². The summed E-state index contributed by atoms with van der Waals surface area (Å²) in [6.07, 6.45) is 12.2. The summed E-state index contributed by atoms with van der Waals surface area (Å²) < 4.78 is 6.18. The monoisotopic (exact) mass is 669 g/mol. The molecule has 6 aliphatic rings. The van der Waals surface area contributed by atoms with Crippen molar-refractivity contribution in [2.24, 2.45) is 68.0 Å². The van der Waals surface area contributed by atoms with Crippen molar-refractivity contribution in [2.75, 3.05) is 26.2 Å². The van der Waals surface area contributed by atoms with Crippen LogP contribution in [0.4, 0.5) is 0 Å². The van der Waals surface area contributed by atoms with Crippen LogP contribution in [0.15, 0.2) is 0 Å². The van der Waals surface area contributed by atoms with Gasteiger partial charge in [-0.05, 0) is 135 Å². The van der Waals surface area contributed by atoms with Crippen molar-refractivity contribution in [1.82, 2.24) is 10.2 Å². The molecule has 48 heavy (non-hydrogen) atoms. The quantitative estimate of drug-likeness (QED) is 0.267. The van der Waals surface area contributed by atoms with E-state index in [0.717, 1.165) is 51.9 Å². The molecule has 2 N–H and O–H groups in total. The van der Waals surface area contributed by atoms with Crippen LogP contribution in [-0.4, -0.2) is 60.1 Å². The lowest BCUT2D eigenvalue weighted by atomic mass is 9.32. The van der Waals surface area contributed by atoms with E-state index in [1.54, 1.807) is 13.8 Å². The number of esters is 1. The van der Waals surface area contributed by atoms with Crippen molar-refractivity contribution in [3.05, 3.63) is 0 Å². The van der Waals surface area contributed by atoms with Crippen LogP contribution in [0.5, 0.6) is 0 Å². The summed E-state index contributed by atoms with van der Waals surface area (Å²) >= 11 is 0. The SMILES string of the molecule is CC(C)[C@@H]1CC[C@]2(CC(=O)N3CCNCC3)CC[C@]3(C)[C@H](CC[C@@H]4[C@@]5(C)CC[C@H](OC(=O)CC(C)(C)C(=O)O)C(C)(C)[C@@H]5CC[C@]43C)[C@@H]12. The second-order valence-corrected chi connectivity index (χ2v) is 20.0. The van der Waals surface area contributed by atoms with Crippen molar-refractivity contribution in [1.29, 1.82) is 0 Å². The van der Waals surface area contributed by atoms with Crippen molar-refractivity contribution in [2.45, 2.75) is 145 Å². The van der Waals surface area contributed by atoms with Gasteiger partial charge in [0.25, 0.3) is 0 Å². The van der Waals surface area contributed by atoms with Crippen LogP contribution in [-0.2, 0) is 19.1 Å². The minimum absolute atomic E-state index is 0.0991. The number of amides is 1. The average Bonchev–Trinajstić information content (AvgIpc) is 3.39. The fourth-order valence-electron chi connectivity index (χ4n) is 14.0. The Morgan fingerprint density at radius 1 is 0.854 bits per heavy atom. The highest BCUT2D eigenvalue weighted by Crippen LogP contribution is 2.78. The molecular weight excluding hydrogens is 600 g/mol. The lowest BCUT2D eigenvalue weighted by Gasteiger charge is -2.73. The molecule has 0 aromatic carbocycles. The zero-order valence-corrected chi connectivity index (χ0v) is 31.9. The highest BCUT2D eigenvalue weighted by molar-refractivity contribution is 5.81. The Labute approximate surface area is 291 Å². The number of fused-ring (bicyclic) bond motifs is 7. The van der Waals surface area contributed by atoms with E-state index in [0.29, 0.717) is 41.4 Å². The first kappa shape index (κ1) is 36.2. The van der Waals surface area contributed by atoms with Crippen LogP contribution < -0.4 is 5.32 Å². The molecule has 6 fully saturated rings. The van der Waals surface area contributed by atoms with Gasteiger partial charge in [-0.3, -0.25) is 14.4 Å². The van der Waals surface area contributed by atoms with Gasteiger partial charge in [0.05, 0.1) is 11.8 Å². The van der Waals surface area contributed by atoms with Gasteiger partial charge >= 0.3 is 11.9 Å². The summed E-state index contributed by atoms with van der Waals surface area (Å²) in [4.78, 5) is 40.8. The number of rotatable bonds is 7. The number of aliphatic carboxylic acids is 1. The zero-order valence-electron chi connectivity index (χ0n) is 31.9. The van der Waals surface area contributed by atoms with Gasteiger partial charge in [0.2, 0.25) is 5.91 Å². The molecule has 10 atom stereocenters. The predicted molar refractivity (Wildman–Crippen MR) is 189 cm³/mol. The molecule has 1 amide bonds. The fraction of sp³-hybridized carbons (Fsp3) is 0.927. The Morgan fingerprint density at radius 2 is 1.54 bits per heavy atom. The summed E-state index contributed by atoms with van der Waals surface area (Å²) in [7, 11) is 0. The minimum Gasteiger partial charge on any atom is -0.481 e. The standard InChI is InChI=1S/C41H68N2O5/c1-26(2)27-12-17-41(24-32(44)43-22-20-42-21-23-43)19-18-39(8)28(34(27)41)10-11-30-38(7)15-14-31(48-33(45)25-36(3,4)35(46)47)37(5,6)29(38)13-16-40(30,39)9/h26-31,34,42H,10-25H2,1-9H3,(H,46,47)/t27-,28+,29-,30+,31-,34+,38-,39+,40+,41+/m0/s1. The number of carbonyl (C=O) groups is 3. The van der Waals surface area contributed by atoms with E-state index in [9.17, 15) is 19.5 Å². The predicted octanol–water partition coefficient (Wildman–Crippen LogP) is 7.96. The van der Waals surface area contributed by atoms with Crippen LogP contribution in [0.1, 0.15) is 139 Å². The molecule has 0 unspecified atom stereocenters. The number of carboxylic acid groups (broad SMARTS) is 1. The van der Waals surface area contributed by atoms with Gasteiger partial charge in [-0.2, -0.15) is 0 Å². The van der Waals surface area contributed by atoms with Crippen molar-refractivity contribution < 1.29 is 24.2 Å². The highest BCUT2D eigenvalue weighted by Gasteiger charge is 2.71. The molecule has 7 heteroatoms. The molecule has 5 saturated carbocycles. The van der Waals surface area contributed by atoms with Gasteiger partial charge < -0.3 is 20.1 Å². The Balaban J connectivity index is 1.25. The first-order chi connectivity index (χ1) is 22.3. The van der Waals surface area contributed by atoms with E-state index < -0.39 is 11.4 Å². The van der Waals surface area contributed by atoms with Crippen LogP contribution in [0.2, 0.25) is 0 Å². The molecule has 1 aliphatic heterocycles. The maximum Gasteiger partial charge on any atom is 0.309 e. The third kappa shape index (κ3) is 5.48. The maximum atomic E-state index is 13.9. The largest absolute Gasteiger partial charge is 0.481 e. The molecule has 6 rings (SSSR count). The average molecular weight is 669 g/mol.